The van der Waals surface area contributed by atoms with Crippen LogP contribution in [0.15, 0.2) is 18.5 Å². The van der Waals surface area contributed by atoms with Crippen LogP contribution in [0.2, 0.25) is 0 Å². The van der Waals surface area contributed by atoms with E-state index < -0.39 is 0 Å². The van der Waals surface area contributed by atoms with E-state index in [1.54, 1.807) is 10.9 Å². The number of aromatic nitrogens is 2. The Labute approximate surface area is 114 Å². The van der Waals surface area contributed by atoms with Crippen LogP contribution in [0.1, 0.15) is 45.6 Å². The first-order valence-electron chi connectivity index (χ1n) is 7.10. The standard InChI is InChI=1S/C14H24N4O/c1-11-6-3-4-7-14(11,10-15)17-13(19)12(2)18-9-5-8-16-18/h5,8-9,11-12H,3-4,6-7,10,15H2,1-2H3,(H,17,19). The molecule has 3 unspecified atom stereocenters. The highest BCUT2D eigenvalue weighted by Gasteiger charge is 2.39. The SMILES string of the molecule is CC(C(=O)NC1(CN)CCCCC1C)n1cccn1. The van der Waals surface area contributed by atoms with Gasteiger partial charge in [0.25, 0.3) is 0 Å². The maximum Gasteiger partial charge on any atom is 0.245 e. The van der Waals surface area contributed by atoms with Crippen LogP contribution in [-0.4, -0.2) is 27.8 Å². The molecule has 1 fully saturated rings. The predicted octanol–water partition coefficient (Wildman–Crippen LogP) is 1.47. The van der Waals surface area contributed by atoms with Crippen molar-refractivity contribution in [3.8, 4) is 0 Å². The van der Waals surface area contributed by atoms with Gasteiger partial charge in [0, 0.05) is 18.9 Å². The molecule has 0 aromatic carbocycles. The minimum atomic E-state index is -0.299. The second-order valence-corrected chi connectivity index (χ2v) is 5.66. The normalized spacial score (nSPS) is 28.9. The molecule has 5 nitrogen and oxygen atoms in total. The highest BCUT2D eigenvalue weighted by Crippen LogP contribution is 2.33. The van der Waals surface area contributed by atoms with E-state index in [4.69, 9.17) is 5.73 Å². The highest BCUT2D eigenvalue weighted by atomic mass is 16.2. The number of rotatable bonds is 4. The van der Waals surface area contributed by atoms with Crippen LogP contribution in [-0.2, 0) is 4.79 Å². The van der Waals surface area contributed by atoms with Gasteiger partial charge in [0.15, 0.2) is 0 Å². The van der Waals surface area contributed by atoms with E-state index in [-0.39, 0.29) is 17.5 Å². The molecule has 1 aromatic heterocycles. The van der Waals surface area contributed by atoms with Gasteiger partial charge in [-0.15, -0.1) is 0 Å². The lowest BCUT2D eigenvalue weighted by Crippen LogP contribution is -2.60. The van der Waals surface area contributed by atoms with Crippen molar-refractivity contribution < 1.29 is 4.79 Å². The van der Waals surface area contributed by atoms with Gasteiger partial charge < -0.3 is 11.1 Å². The van der Waals surface area contributed by atoms with Crippen LogP contribution in [0.3, 0.4) is 0 Å². The van der Waals surface area contributed by atoms with Gasteiger partial charge in [-0.3, -0.25) is 9.48 Å². The lowest BCUT2D eigenvalue weighted by atomic mass is 9.73. The molecule has 1 saturated carbocycles. The Kier molecular flexibility index (Phi) is 4.24. The van der Waals surface area contributed by atoms with Crippen molar-refractivity contribution in [2.45, 2.75) is 51.1 Å². The maximum absolute atomic E-state index is 12.4. The van der Waals surface area contributed by atoms with Crippen molar-refractivity contribution in [3.63, 3.8) is 0 Å². The third-order valence-electron chi connectivity index (χ3n) is 4.49. The van der Waals surface area contributed by atoms with Gasteiger partial charge in [0.2, 0.25) is 5.91 Å². The molecular weight excluding hydrogens is 240 g/mol. The van der Waals surface area contributed by atoms with Crippen molar-refractivity contribution in [2.75, 3.05) is 6.54 Å². The molecule has 1 aliphatic carbocycles. The van der Waals surface area contributed by atoms with E-state index in [1.807, 2.05) is 19.2 Å². The summed E-state index contributed by atoms with van der Waals surface area (Å²) in [6.45, 7) is 4.55. The summed E-state index contributed by atoms with van der Waals surface area (Å²) in [4.78, 5) is 12.4. The highest BCUT2D eigenvalue weighted by molar-refractivity contribution is 5.80. The molecule has 0 spiro atoms. The zero-order valence-electron chi connectivity index (χ0n) is 11.8. The van der Waals surface area contributed by atoms with Crippen LogP contribution in [0, 0.1) is 5.92 Å². The first-order chi connectivity index (χ1) is 9.09. The largest absolute Gasteiger partial charge is 0.347 e. The van der Waals surface area contributed by atoms with Gasteiger partial charge in [-0.25, -0.2) is 0 Å². The molecule has 0 bridgehead atoms. The predicted molar refractivity (Wildman–Crippen MR) is 74.5 cm³/mol. The molecule has 1 aromatic rings. The maximum atomic E-state index is 12.4. The molecule has 5 heteroatoms. The van der Waals surface area contributed by atoms with Gasteiger partial charge >= 0.3 is 0 Å². The van der Waals surface area contributed by atoms with Gasteiger partial charge in [-0.2, -0.15) is 5.10 Å². The summed E-state index contributed by atoms with van der Waals surface area (Å²) in [7, 11) is 0. The third-order valence-corrected chi connectivity index (χ3v) is 4.49. The van der Waals surface area contributed by atoms with Crippen LogP contribution in [0.4, 0.5) is 0 Å². The Morgan fingerprint density at radius 1 is 1.63 bits per heavy atom. The summed E-state index contributed by atoms with van der Waals surface area (Å²) >= 11 is 0. The van der Waals surface area contributed by atoms with E-state index in [9.17, 15) is 4.79 Å². The molecule has 0 saturated heterocycles. The van der Waals surface area contributed by atoms with E-state index in [0.29, 0.717) is 12.5 Å². The van der Waals surface area contributed by atoms with E-state index in [2.05, 4.69) is 17.3 Å². The molecule has 3 atom stereocenters. The second kappa shape index (κ2) is 5.74. The van der Waals surface area contributed by atoms with Crippen LogP contribution in [0.25, 0.3) is 0 Å². The number of nitrogens with one attached hydrogen (secondary N) is 1. The average molecular weight is 264 g/mol. The fraction of sp³-hybridized carbons (Fsp3) is 0.714. The zero-order valence-corrected chi connectivity index (χ0v) is 11.8. The molecule has 2 rings (SSSR count). The summed E-state index contributed by atoms with van der Waals surface area (Å²) in [6, 6.07) is 1.53. The van der Waals surface area contributed by atoms with Crippen molar-refractivity contribution in [1.82, 2.24) is 15.1 Å². The number of nitrogens with zero attached hydrogens (tertiary/aromatic N) is 2. The molecular formula is C14H24N4O. The Hall–Kier alpha value is -1.36. The Morgan fingerprint density at radius 3 is 3.00 bits per heavy atom. The van der Waals surface area contributed by atoms with Gasteiger partial charge in [0.05, 0.1) is 5.54 Å². The van der Waals surface area contributed by atoms with Gasteiger partial charge in [-0.1, -0.05) is 19.8 Å². The van der Waals surface area contributed by atoms with Crippen molar-refractivity contribution in [1.29, 1.82) is 0 Å². The average Bonchev–Trinajstić information content (AvgIpc) is 2.94. The molecule has 0 radical (unpaired) electrons. The van der Waals surface area contributed by atoms with E-state index in [0.717, 1.165) is 19.3 Å². The van der Waals surface area contributed by atoms with E-state index in [1.165, 1.54) is 6.42 Å². The lowest BCUT2D eigenvalue weighted by Gasteiger charge is -2.43. The number of nitrogens with two attached hydrogens (primary N) is 1. The quantitative estimate of drug-likeness (QED) is 0.865. The molecule has 106 valence electrons. The summed E-state index contributed by atoms with van der Waals surface area (Å²) < 4.78 is 1.67. The van der Waals surface area contributed by atoms with Crippen molar-refractivity contribution in [3.05, 3.63) is 18.5 Å². The molecule has 1 aliphatic rings. The summed E-state index contributed by atoms with van der Waals surface area (Å²) in [6.07, 6.45) is 7.97. The first kappa shape index (κ1) is 14.1. The zero-order chi connectivity index (χ0) is 13.9. The van der Waals surface area contributed by atoms with Gasteiger partial charge in [0.1, 0.15) is 6.04 Å². The number of hydrogen-bond acceptors (Lipinski definition) is 3. The minimum Gasteiger partial charge on any atom is -0.347 e. The first-order valence-corrected chi connectivity index (χ1v) is 7.10. The summed E-state index contributed by atoms with van der Waals surface area (Å²) in [5.41, 5.74) is 5.72. The minimum absolute atomic E-state index is 0.00269. The molecule has 1 heterocycles. The van der Waals surface area contributed by atoms with Crippen LogP contribution >= 0.6 is 0 Å². The molecule has 19 heavy (non-hydrogen) atoms. The fourth-order valence-corrected chi connectivity index (χ4v) is 2.93. The molecule has 0 aliphatic heterocycles. The number of carbonyl (C=O) groups excluding carboxylic acids is 1. The Morgan fingerprint density at radius 2 is 2.42 bits per heavy atom. The topological polar surface area (TPSA) is 72.9 Å². The van der Waals surface area contributed by atoms with E-state index >= 15 is 0 Å². The number of hydrogen-bond donors (Lipinski definition) is 2. The van der Waals surface area contributed by atoms with Crippen molar-refractivity contribution in [2.24, 2.45) is 11.7 Å². The number of amides is 1. The summed E-state index contributed by atoms with van der Waals surface area (Å²) in [5.74, 6) is 0.433. The second-order valence-electron chi connectivity index (χ2n) is 5.66. The monoisotopic (exact) mass is 264 g/mol. The smallest absolute Gasteiger partial charge is 0.245 e. The molecule has 1 amide bonds. The Balaban J connectivity index is 2.07. The van der Waals surface area contributed by atoms with Crippen molar-refractivity contribution >= 4 is 5.91 Å². The summed E-state index contributed by atoms with van der Waals surface area (Å²) in [5, 5.41) is 7.32. The Bertz CT molecular complexity index is 417. The molecule has 3 N–H and O–H groups in total. The fourth-order valence-electron chi connectivity index (χ4n) is 2.93. The third kappa shape index (κ3) is 2.81. The van der Waals surface area contributed by atoms with Crippen LogP contribution in [0.5, 0.6) is 0 Å². The van der Waals surface area contributed by atoms with Crippen LogP contribution < -0.4 is 11.1 Å². The van der Waals surface area contributed by atoms with Gasteiger partial charge in [-0.05, 0) is 31.7 Å². The lowest BCUT2D eigenvalue weighted by molar-refractivity contribution is -0.127. The number of carbonyl (C=O) groups is 1.